The Morgan fingerprint density at radius 2 is 2.33 bits per heavy atom. The van der Waals surface area contributed by atoms with Crippen LogP contribution in [0.3, 0.4) is 0 Å². The summed E-state index contributed by atoms with van der Waals surface area (Å²) in [5.74, 6) is -1.07. The fraction of sp³-hybridized carbons (Fsp3) is 0.333. The molecule has 0 radical (unpaired) electrons. The summed E-state index contributed by atoms with van der Waals surface area (Å²) in [4.78, 5) is 16.2. The Hall–Kier alpha value is -1.72. The molecule has 12 heavy (non-hydrogen) atoms. The number of imidazole rings is 1. The summed E-state index contributed by atoms with van der Waals surface area (Å²) >= 11 is 0. The van der Waals surface area contributed by atoms with Gasteiger partial charge in [-0.25, -0.2) is 0 Å². The third kappa shape index (κ3) is 1.88. The van der Waals surface area contributed by atoms with Crippen molar-refractivity contribution in [2.24, 2.45) is 0 Å². The first kappa shape index (κ1) is 8.38. The van der Waals surface area contributed by atoms with Crippen LogP contribution < -0.4 is 5.73 Å². The Kier molecular flexibility index (Phi) is 2.18. The lowest BCUT2D eigenvalue weighted by Gasteiger charge is -1.92. The maximum Gasteiger partial charge on any atom is 0.303 e. The van der Waals surface area contributed by atoms with E-state index >= 15 is 0 Å². The number of H-pyrrole nitrogens is 1. The van der Waals surface area contributed by atoms with Gasteiger partial charge in [-0.3, -0.25) is 4.79 Å². The number of aromatic nitrogens is 2. The number of rotatable bonds is 3. The van der Waals surface area contributed by atoms with Gasteiger partial charge < -0.3 is 20.9 Å². The average molecular weight is 171 g/mol. The zero-order valence-corrected chi connectivity index (χ0v) is 6.24. The third-order valence-electron chi connectivity index (χ3n) is 1.36. The summed E-state index contributed by atoms with van der Waals surface area (Å²) in [6, 6.07) is 0. The summed E-state index contributed by atoms with van der Waals surface area (Å²) in [5.41, 5.74) is 5.57. The molecule has 1 aromatic heterocycles. The summed E-state index contributed by atoms with van der Waals surface area (Å²) in [6.07, 6.45) is 0.139. The number of nitrogens with one attached hydrogen (secondary N) is 1. The Morgan fingerprint density at radius 3 is 2.75 bits per heavy atom. The Bertz CT molecular complexity index is 294. The van der Waals surface area contributed by atoms with E-state index in [1.54, 1.807) is 0 Å². The van der Waals surface area contributed by atoms with Crippen molar-refractivity contribution >= 4 is 11.9 Å². The molecule has 0 fully saturated rings. The number of nitrogens with two attached hydrogens (primary N) is 1. The summed E-state index contributed by atoms with van der Waals surface area (Å²) in [7, 11) is 0. The Labute approximate surface area is 68.0 Å². The molecule has 0 amide bonds. The first-order valence-corrected chi connectivity index (χ1v) is 3.34. The lowest BCUT2D eigenvalue weighted by atomic mass is 10.2. The average Bonchev–Trinajstić information content (AvgIpc) is 2.26. The highest BCUT2D eigenvalue weighted by atomic mass is 16.4. The molecule has 0 aliphatic rings. The molecule has 0 bridgehead atoms. The van der Waals surface area contributed by atoms with Crippen LogP contribution >= 0.6 is 0 Å². The normalized spacial score (nSPS) is 10.0. The van der Waals surface area contributed by atoms with Gasteiger partial charge in [0.1, 0.15) is 0 Å². The maximum absolute atomic E-state index is 10.1. The second kappa shape index (κ2) is 3.12. The molecule has 6 heteroatoms. The first-order valence-electron chi connectivity index (χ1n) is 3.34. The van der Waals surface area contributed by atoms with Gasteiger partial charge in [0.15, 0.2) is 0 Å². The van der Waals surface area contributed by atoms with Crippen molar-refractivity contribution < 1.29 is 15.0 Å². The zero-order valence-electron chi connectivity index (χ0n) is 6.24. The van der Waals surface area contributed by atoms with E-state index in [9.17, 15) is 4.79 Å². The van der Waals surface area contributed by atoms with Crippen LogP contribution in [0.4, 0.5) is 5.95 Å². The van der Waals surface area contributed by atoms with Gasteiger partial charge in [-0.1, -0.05) is 0 Å². The molecule has 1 heterocycles. The topological polar surface area (TPSA) is 112 Å². The lowest BCUT2D eigenvalue weighted by molar-refractivity contribution is -0.136. The molecule has 0 aliphatic carbocycles. The SMILES string of the molecule is Nc1nc(O)c(CCC(=O)O)[nH]1. The highest BCUT2D eigenvalue weighted by molar-refractivity contribution is 5.67. The molecule has 0 spiro atoms. The smallest absolute Gasteiger partial charge is 0.303 e. The van der Waals surface area contributed by atoms with E-state index in [-0.39, 0.29) is 24.7 Å². The van der Waals surface area contributed by atoms with Gasteiger partial charge in [0.2, 0.25) is 11.8 Å². The molecule has 1 rings (SSSR count). The van der Waals surface area contributed by atoms with E-state index in [1.165, 1.54) is 0 Å². The summed E-state index contributed by atoms with van der Waals surface area (Å²) in [5, 5.41) is 17.4. The van der Waals surface area contributed by atoms with Gasteiger partial charge >= 0.3 is 5.97 Å². The molecule has 0 saturated carbocycles. The van der Waals surface area contributed by atoms with E-state index in [2.05, 4.69) is 9.97 Å². The van der Waals surface area contributed by atoms with Crippen molar-refractivity contribution in [3.8, 4) is 5.88 Å². The lowest BCUT2D eigenvalue weighted by Crippen LogP contribution is -1.98. The van der Waals surface area contributed by atoms with Crippen LogP contribution in [-0.2, 0) is 11.2 Å². The van der Waals surface area contributed by atoms with Gasteiger partial charge in [0.05, 0.1) is 12.1 Å². The van der Waals surface area contributed by atoms with Crippen LogP contribution in [0.1, 0.15) is 12.1 Å². The van der Waals surface area contributed by atoms with E-state index in [0.717, 1.165) is 0 Å². The van der Waals surface area contributed by atoms with Crippen LogP contribution in [0.2, 0.25) is 0 Å². The van der Waals surface area contributed by atoms with Crippen molar-refractivity contribution in [1.29, 1.82) is 0 Å². The van der Waals surface area contributed by atoms with Gasteiger partial charge in [0, 0.05) is 6.42 Å². The highest BCUT2D eigenvalue weighted by Gasteiger charge is 2.08. The van der Waals surface area contributed by atoms with Crippen LogP contribution in [-0.4, -0.2) is 26.2 Å². The van der Waals surface area contributed by atoms with Crippen LogP contribution in [0.5, 0.6) is 5.88 Å². The van der Waals surface area contributed by atoms with Crippen molar-refractivity contribution in [3.05, 3.63) is 5.69 Å². The number of aliphatic carboxylic acids is 1. The first-order chi connectivity index (χ1) is 5.59. The number of nitrogens with zero attached hydrogens (tertiary/aromatic N) is 1. The molecule has 0 atom stereocenters. The number of aryl methyl sites for hydroxylation is 1. The molecule has 0 aliphatic heterocycles. The zero-order chi connectivity index (χ0) is 9.14. The van der Waals surface area contributed by atoms with Crippen LogP contribution in [0.15, 0.2) is 0 Å². The molecule has 5 N–H and O–H groups in total. The van der Waals surface area contributed by atoms with Crippen molar-refractivity contribution in [3.63, 3.8) is 0 Å². The summed E-state index contributed by atoms with van der Waals surface area (Å²) in [6.45, 7) is 0. The molecular weight excluding hydrogens is 162 g/mol. The molecule has 1 aromatic rings. The number of carboxylic acids is 1. The number of anilines is 1. The summed E-state index contributed by atoms with van der Waals surface area (Å²) < 4.78 is 0. The molecule has 66 valence electrons. The van der Waals surface area contributed by atoms with Crippen molar-refractivity contribution in [1.82, 2.24) is 9.97 Å². The van der Waals surface area contributed by atoms with Crippen LogP contribution in [0, 0.1) is 0 Å². The number of carbonyl (C=O) groups is 1. The quantitative estimate of drug-likeness (QED) is 0.499. The van der Waals surface area contributed by atoms with Gasteiger partial charge in [-0.15, -0.1) is 0 Å². The van der Waals surface area contributed by atoms with Crippen molar-refractivity contribution in [2.45, 2.75) is 12.8 Å². The van der Waals surface area contributed by atoms with E-state index in [0.29, 0.717) is 5.69 Å². The number of aromatic hydroxyl groups is 1. The molecule has 0 saturated heterocycles. The fourth-order valence-electron chi connectivity index (χ4n) is 0.826. The molecule has 6 nitrogen and oxygen atoms in total. The minimum Gasteiger partial charge on any atom is -0.492 e. The molecule has 0 aromatic carbocycles. The van der Waals surface area contributed by atoms with Gasteiger partial charge in [-0.05, 0) is 0 Å². The second-order valence-electron chi connectivity index (χ2n) is 2.32. The van der Waals surface area contributed by atoms with Gasteiger partial charge in [0.25, 0.3) is 0 Å². The van der Waals surface area contributed by atoms with E-state index in [1.807, 2.05) is 0 Å². The number of hydrogen-bond donors (Lipinski definition) is 4. The highest BCUT2D eigenvalue weighted by Crippen LogP contribution is 2.15. The van der Waals surface area contributed by atoms with E-state index in [4.69, 9.17) is 15.9 Å². The minimum absolute atomic E-state index is 0.0603. The van der Waals surface area contributed by atoms with E-state index < -0.39 is 5.97 Å². The number of carboxylic acid groups (broad SMARTS) is 1. The molecule has 0 unspecified atom stereocenters. The number of aromatic amines is 1. The maximum atomic E-state index is 10.1. The van der Waals surface area contributed by atoms with Crippen LogP contribution in [0.25, 0.3) is 0 Å². The third-order valence-corrected chi connectivity index (χ3v) is 1.36. The number of nitrogen functional groups attached to an aromatic ring is 1. The largest absolute Gasteiger partial charge is 0.492 e. The monoisotopic (exact) mass is 171 g/mol. The Morgan fingerprint density at radius 1 is 1.67 bits per heavy atom. The van der Waals surface area contributed by atoms with Crippen molar-refractivity contribution in [2.75, 3.05) is 5.73 Å². The Balaban J connectivity index is 2.62. The minimum atomic E-state index is -0.928. The second-order valence-corrected chi connectivity index (χ2v) is 2.32. The molecular formula is C6H9N3O3. The predicted molar refractivity (Wildman–Crippen MR) is 40.6 cm³/mol. The predicted octanol–water partition coefficient (Wildman–Crippen LogP) is -0.285. The number of hydrogen-bond acceptors (Lipinski definition) is 4. The standard InChI is InChI=1S/C6H9N3O3/c7-6-8-3(5(12)9-6)1-2-4(10)11/h12H,1-2H2,(H,10,11)(H3,7,8,9). The fourth-order valence-corrected chi connectivity index (χ4v) is 0.826. The van der Waals surface area contributed by atoms with Gasteiger partial charge in [-0.2, -0.15) is 4.98 Å².